The van der Waals surface area contributed by atoms with Crippen molar-refractivity contribution in [2.45, 2.75) is 37.8 Å². The highest BCUT2D eigenvalue weighted by atomic mass is 16.5. The second kappa shape index (κ2) is 4.37. The molecule has 2 rings (SSSR count). The van der Waals surface area contributed by atoms with Gasteiger partial charge < -0.3 is 16.2 Å². The largest absolute Gasteiger partial charge is 0.490 e. The molecule has 0 heterocycles. The van der Waals surface area contributed by atoms with Crippen molar-refractivity contribution in [1.82, 2.24) is 0 Å². The van der Waals surface area contributed by atoms with Gasteiger partial charge in [-0.15, -0.1) is 0 Å². The second-order valence-electron chi connectivity index (χ2n) is 4.82. The average Bonchev–Trinajstić information content (AvgIpc) is 2.61. The highest BCUT2D eigenvalue weighted by Gasteiger charge is 2.41. The standard InChI is InChI=1S/C13H18N2O2/c1-9-3-2-4-10(7-9)17-11-5-6-13(15,8-11)12(14)16/h2-4,7,11H,5-6,8,15H2,1H3,(H2,14,16). The van der Waals surface area contributed by atoms with E-state index in [9.17, 15) is 4.79 Å². The van der Waals surface area contributed by atoms with Crippen molar-refractivity contribution in [3.63, 3.8) is 0 Å². The zero-order chi connectivity index (χ0) is 12.5. The number of nitrogens with two attached hydrogens (primary N) is 2. The predicted octanol–water partition coefficient (Wildman–Crippen LogP) is 1.11. The van der Waals surface area contributed by atoms with Gasteiger partial charge in [-0.1, -0.05) is 12.1 Å². The molecular formula is C13H18N2O2. The van der Waals surface area contributed by atoms with Crippen LogP contribution in [-0.4, -0.2) is 17.6 Å². The van der Waals surface area contributed by atoms with E-state index in [4.69, 9.17) is 16.2 Å². The lowest BCUT2D eigenvalue weighted by Crippen LogP contribution is -2.50. The molecule has 17 heavy (non-hydrogen) atoms. The van der Waals surface area contributed by atoms with Gasteiger partial charge >= 0.3 is 0 Å². The Morgan fingerprint density at radius 1 is 1.53 bits per heavy atom. The maximum atomic E-state index is 11.2. The van der Waals surface area contributed by atoms with E-state index < -0.39 is 11.4 Å². The molecule has 0 bridgehead atoms. The first kappa shape index (κ1) is 11.9. The van der Waals surface area contributed by atoms with Crippen molar-refractivity contribution in [2.75, 3.05) is 0 Å². The van der Waals surface area contributed by atoms with Crippen LogP contribution < -0.4 is 16.2 Å². The molecule has 0 spiro atoms. The highest BCUT2D eigenvalue weighted by molar-refractivity contribution is 5.84. The van der Waals surface area contributed by atoms with Crippen LogP contribution in [-0.2, 0) is 4.79 Å². The van der Waals surface area contributed by atoms with Gasteiger partial charge in [0.15, 0.2) is 0 Å². The normalized spacial score (nSPS) is 28.0. The molecule has 0 saturated heterocycles. The van der Waals surface area contributed by atoms with Crippen LogP contribution in [0.2, 0.25) is 0 Å². The van der Waals surface area contributed by atoms with Gasteiger partial charge in [-0.2, -0.15) is 0 Å². The summed E-state index contributed by atoms with van der Waals surface area (Å²) >= 11 is 0. The Morgan fingerprint density at radius 2 is 2.29 bits per heavy atom. The van der Waals surface area contributed by atoms with Gasteiger partial charge in [0.25, 0.3) is 0 Å². The third kappa shape index (κ3) is 2.58. The Balaban J connectivity index is 2.01. The molecule has 1 amide bonds. The monoisotopic (exact) mass is 234 g/mol. The minimum Gasteiger partial charge on any atom is -0.490 e. The summed E-state index contributed by atoms with van der Waals surface area (Å²) in [6, 6.07) is 7.84. The number of hydrogen-bond donors (Lipinski definition) is 2. The van der Waals surface area contributed by atoms with Crippen LogP contribution in [0.5, 0.6) is 5.75 Å². The first-order valence-corrected chi connectivity index (χ1v) is 5.82. The summed E-state index contributed by atoms with van der Waals surface area (Å²) in [5, 5.41) is 0. The van der Waals surface area contributed by atoms with Crippen LogP contribution in [0.3, 0.4) is 0 Å². The molecule has 1 saturated carbocycles. The molecule has 0 aliphatic heterocycles. The zero-order valence-electron chi connectivity index (χ0n) is 9.98. The number of benzene rings is 1. The molecule has 92 valence electrons. The molecule has 1 aliphatic rings. The summed E-state index contributed by atoms with van der Waals surface area (Å²) < 4.78 is 5.81. The molecule has 1 fully saturated rings. The van der Waals surface area contributed by atoms with Crippen LogP contribution in [0.25, 0.3) is 0 Å². The molecule has 4 N–H and O–H groups in total. The lowest BCUT2D eigenvalue weighted by atomic mass is 9.99. The molecule has 0 aromatic heterocycles. The van der Waals surface area contributed by atoms with E-state index in [2.05, 4.69) is 0 Å². The number of carbonyl (C=O) groups is 1. The molecule has 4 heteroatoms. The number of carbonyl (C=O) groups excluding carboxylic acids is 1. The van der Waals surface area contributed by atoms with E-state index in [0.29, 0.717) is 12.8 Å². The van der Waals surface area contributed by atoms with E-state index in [1.807, 2.05) is 31.2 Å². The van der Waals surface area contributed by atoms with Gasteiger partial charge in [0, 0.05) is 6.42 Å². The van der Waals surface area contributed by atoms with Crippen molar-refractivity contribution in [1.29, 1.82) is 0 Å². The van der Waals surface area contributed by atoms with Gasteiger partial charge in [0.05, 0.1) is 5.54 Å². The van der Waals surface area contributed by atoms with Crippen molar-refractivity contribution >= 4 is 5.91 Å². The van der Waals surface area contributed by atoms with Crippen molar-refractivity contribution in [3.05, 3.63) is 29.8 Å². The Kier molecular flexibility index (Phi) is 3.07. The fourth-order valence-corrected chi connectivity index (χ4v) is 2.23. The van der Waals surface area contributed by atoms with Gasteiger partial charge in [-0.05, 0) is 37.5 Å². The number of ether oxygens (including phenoxy) is 1. The summed E-state index contributed by atoms with van der Waals surface area (Å²) in [5.41, 5.74) is 11.5. The van der Waals surface area contributed by atoms with Crippen LogP contribution in [0.15, 0.2) is 24.3 Å². The lowest BCUT2D eigenvalue weighted by Gasteiger charge is -2.20. The maximum Gasteiger partial charge on any atom is 0.237 e. The topological polar surface area (TPSA) is 78.3 Å². The predicted molar refractivity (Wildman–Crippen MR) is 65.6 cm³/mol. The molecule has 2 atom stereocenters. The maximum absolute atomic E-state index is 11.2. The minimum absolute atomic E-state index is 0.0192. The smallest absolute Gasteiger partial charge is 0.237 e. The van der Waals surface area contributed by atoms with Gasteiger partial charge in [-0.25, -0.2) is 0 Å². The first-order valence-electron chi connectivity index (χ1n) is 5.82. The SMILES string of the molecule is Cc1cccc(OC2CCC(N)(C(N)=O)C2)c1. The van der Waals surface area contributed by atoms with Crippen molar-refractivity contribution < 1.29 is 9.53 Å². The molecule has 0 radical (unpaired) electrons. The minimum atomic E-state index is -0.894. The van der Waals surface area contributed by atoms with Gasteiger partial charge in [0.1, 0.15) is 11.9 Å². The molecule has 4 nitrogen and oxygen atoms in total. The number of amides is 1. The lowest BCUT2D eigenvalue weighted by molar-refractivity contribution is -0.123. The van der Waals surface area contributed by atoms with E-state index in [-0.39, 0.29) is 6.10 Å². The van der Waals surface area contributed by atoms with E-state index in [1.54, 1.807) is 0 Å². The molecular weight excluding hydrogens is 216 g/mol. The number of aryl methyl sites for hydroxylation is 1. The zero-order valence-corrected chi connectivity index (χ0v) is 9.98. The Morgan fingerprint density at radius 3 is 2.88 bits per heavy atom. The molecule has 1 aromatic carbocycles. The first-order chi connectivity index (χ1) is 7.99. The fourth-order valence-electron chi connectivity index (χ4n) is 2.23. The number of primary amides is 1. The summed E-state index contributed by atoms with van der Waals surface area (Å²) in [5.74, 6) is 0.386. The molecule has 1 aromatic rings. The molecule has 2 unspecified atom stereocenters. The van der Waals surface area contributed by atoms with Crippen LogP contribution >= 0.6 is 0 Å². The van der Waals surface area contributed by atoms with Crippen molar-refractivity contribution in [3.8, 4) is 5.75 Å². The van der Waals surface area contributed by atoms with Crippen LogP contribution in [0.1, 0.15) is 24.8 Å². The van der Waals surface area contributed by atoms with E-state index in [1.165, 1.54) is 0 Å². The van der Waals surface area contributed by atoms with Gasteiger partial charge in [-0.3, -0.25) is 4.79 Å². The van der Waals surface area contributed by atoms with Crippen LogP contribution in [0, 0.1) is 6.92 Å². The number of hydrogen-bond acceptors (Lipinski definition) is 3. The molecule has 1 aliphatic carbocycles. The number of rotatable bonds is 3. The highest BCUT2D eigenvalue weighted by Crippen LogP contribution is 2.30. The third-order valence-electron chi connectivity index (χ3n) is 3.29. The summed E-state index contributed by atoms with van der Waals surface area (Å²) in [4.78, 5) is 11.2. The quantitative estimate of drug-likeness (QED) is 0.822. The Hall–Kier alpha value is -1.55. The summed E-state index contributed by atoms with van der Waals surface area (Å²) in [6.45, 7) is 2.01. The van der Waals surface area contributed by atoms with Crippen LogP contribution in [0.4, 0.5) is 0 Å². The fraction of sp³-hybridized carbons (Fsp3) is 0.462. The Bertz CT molecular complexity index is 433. The summed E-state index contributed by atoms with van der Waals surface area (Å²) in [7, 11) is 0. The van der Waals surface area contributed by atoms with E-state index >= 15 is 0 Å². The average molecular weight is 234 g/mol. The van der Waals surface area contributed by atoms with Gasteiger partial charge in [0.2, 0.25) is 5.91 Å². The van der Waals surface area contributed by atoms with E-state index in [0.717, 1.165) is 17.7 Å². The van der Waals surface area contributed by atoms with Crippen molar-refractivity contribution in [2.24, 2.45) is 11.5 Å². The second-order valence-corrected chi connectivity index (χ2v) is 4.82. The Labute approximate surface area is 101 Å². The third-order valence-corrected chi connectivity index (χ3v) is 3.29. The summed E-state index contributed by atoms with van der Waals surface area (Å²) in [6.07, 6.45) is 1.84.